The standard InChI is InChI=1S/C13H17N3O/c1-13(2,17)11-4-3-7-16(11)12-8-10(9-14)5-6-15-12/h5-6,8,11,17H,3-4,7H2,1-2H3/t11-/m0/s1. The second-order valence-electron chi connectivity index (χ2n) is 5.02. The molecule has 1 aromatic rings. The third-order valence-electron chi connectivity index (χ3n) is 3.24. The Balaban J connectivity index is 2.30. The minimum Gasteiger partial charge on any atom is -0.388 e. The van der Waals surface area contributed by atoms with Crippen LogP contribution in [0, 0.1) is 11.3 Å². The largest absolute Gasteiger partial charge is 0.388 e. The van der Waals surface area contributed by atoms with Crippen LogP contribution in [0.3, 0.4) is 0 Å². The fourth-order valence-electron chi connectivity index (χ4n) is 2.42. The van der Waals surface area contributed by atoms with Crippen LogP contribution in [0.5, 0.6) is 0 Å². The molecular formula is C13H17N3O. The first-order valence-corrected chi connectivity index (χ1v) is 5.87. The van der Waals surface area contributed by atoms with Crippen molar-refractivity contribution < 1.29 is 5.11 Å². The van der Waals surface area contributed by atoms with Gasteiger partial charge in [-0.05, 0) is 38.8 Å². The van der Waals surface area contributed by atoms with Crippen LogP contribution in [0.1, 0.15) is 32.3 Å². The van der Waals surface area contributed by atoms with Crippen molar-refractivity contribution in [3.8, 4) is 6.07 Å². The number of nitriles is 1. The maximum atomic E-state index is 10.1. The normalized spacial score (nSPS) is 20.4. The molecule has 0 unspecified atom stereocenters. The van der Waals surface area contributed by atoms with Gasteiger partial charge in [-0.1, -0.05) is 0 Å². The van der Waals surface area contributed by atoms with Gasteiger partial charge >= 0.3 is 0 Å². The Morgan fingerprint density at radius 3 is 3.00 bits per heavy atom. The van der Waals surface area contributed by atoms with Gasteiger partial charge in [0, 0.05) is 12.7 Å². The van der Waals surface area contributed by atoms with Crippen LogP contribution in [0.4, 0.5) is 5.82 Å². The molecule has 4 nitrogen and oxygen atoms in total. The first-order chi connectivity index (χ1) is 8.02. The van der Waals surface area contributed by atoms with E-state index in [9.17, 15) is 5.11 Å². The van der Waals surface area contributed by atoms with E-state index in [1.54, 1.807) is 18.3 Å². The van der Waals surface area contributed by atoms with Crippen LogP contribution in [-0.2, 0) is 0 Å². The van der Waals surface area contributed by atoms with Crippen LogP contribution >= 0.6 is 0 Å². The maximum Gasteiger partial charge on any atom is 0.130 e. The molecule has 1 aliphatic rings. The van der Waals surface area contributed by atoms with E-state index >= 15 is 0 Å². The second-order valence-corrected chi connectivity index (χ2v) is 5.02. The van der Waals surface area contributed by atoms with E-state index in [4.69, 9.17) is 5.26 Å². The first kappa shape index (κ1) is 11.9. The van der Waals surface area contributed by atoms with Crippen molar-refractivity contribution in [3.05, 3.63) is 23.9 Å². The summed E-state index contributed by atoms with van der Waals surface area (Å²) in [7, 11) is 0. The Morgan fingerprint density at radius 2 is 2.35 bits per heavy atom. The highest BCUT2D eigenvalue weighted by Gasteiger charge is 2.36. The highest BCUT2D eigenvalue weighted by molar-refractivity contribution is 5.47. The Hall–Kier alpha value is -1.60. The van der Waals surface area contributed by atoms with Crippen molar-refractivity contribution in [2.75, 3.05) is 11.4 Å². The van der Waals surface area contributed by atoms with Crippen LogP contribution in [0.15, 0.2) is 18.3 Å². The lowest BCUT2D eigenvalue weighted by Gasteiger charge is -2.34. The second kappa shape index (κ2) is 4.34. The third kappa shape index (κ3) is 2.40. The SMILES string of the molecule is CC(C)(O)[C@@H]1CCCN1c1cc(C#N)ccn1. The molecule has 1 aliphatic heterocycles. The van der Waals surface area contributed by atoms with Crippen molar-refractivity contribution in [1.29, 1.82) is 5.26 Å². The maximum absolute atomic E-state index is 10.1. The summed E-state index contributed by atoms with van der Waals surface area (Å²) in [5.41, 5.74) is -0.141. The predicted molar refractivity (Wildman–Crippen MR) is 65.6 cm³/mol. The average Bonchev–Trinajstić information content (AvgIpc) is 2.77. The molecule has 0 aromatic carbocycles. The Morgan fingerprint density at radius 1 is 1.59 bits per heavy atom. The average molecular weight is 231 g/mol. The number of nitrogens with zero attached hydrogens (tertiary/aromatic N) is 3. The highest BCUT2D eigenvalue weighted by Crippen LogP contribution is 2.30. The highest BCUT2D eigenvalue weighted by atomic mass is 16.3. The van der Waals surface area contributed by atoms with E-state index in [0.717, 1.165) is 25.2 Å². The molecule has 2 heterocycles. The molecule has 0 bridgehead atoms. The fraction of sp³-hybridized carbons (Fsp3) is 0.538. The van der Waals surface area contributed by atoms with Gasteiger partial charge in [0.1, 0.15) is 5.82 Å². The predicted octanol–water partition coefficient (Wildman–Crippen LogP) is 1.69. The lowest BCUT2D eigenvalue weighted by Crippen LogP contribution is -2.46. The van der Waals surface area contributed by atoms with Gasteiger partial charge in [0.05, 0.1) is 23.3 Å². The van der Waals surface area contributed by atoms with Crippen molar-refractivity contribution in [3.63, 3.8) is 0 Å². The van der Waals surface area contributed by atoms with E-state index in [-0.39, 0.29) is 6.04 Å². The summed E-state index contributed by atoms with van der Waals surface area (Å²) in [6, 6.07) is 5.66. The van der Waals surface area contributed by atoms with E-state index in [0.29, 0.717) is 5.56 Å². The van der Waals surface area contributed by atoms with Crippen molar-refractivity contribution in [1.82, 2.24) is 4.98 Å². The molecule has 0 aliphatic carbocycles. The molecule has 17 heavy (non-hydrogen) atoms. The molecule has 0 radical (unpaired) electrons. The van der Waals surface area contributed by atoms with Crippen LogP contribution in [0.2, 0.25) is 0 Å². The number of aliphatic hydroxyl groups is 1. The monoisotopic (exact) mass is 231 g/mol. The van der Waals surface area contributed by atoms with Crippen LogP contribution in [0.25, 0.3) is 0 Å². The van der Waals surface area contributed by atoms with E-state index in [1.165, 1.54) is 0 Å². The minimum atomic E-state index is -0.749. The van der Waals surface area contributed by atoms with Crippen LogP contribution < -0.4 is 4.90 Å². The Kier molecular flexibility index (Phi) is 3.03. The molecular weight excluding hydrogens is 214 g/mol. The van der Waals surface area contributed by atoms with Gasteiger partial charge in [-0.3, -0.25) is 0 Å². The summed E-state index contributed by atoms with van der Waals surface area (Å²) < 4.78 is 0. The van der Waals surface area contributed by atoms with Gasteiger partial charge in [0.25, 0.3) is 0 Å². The van der Waals surface area contributed by atoms with Crippen LogP contribution in [-0.4, -0.2) is 28.3 Å². The van der Waals surface area contributed by atoms with Gasteiger partial charge in [0.15, 0.2) is 0 Å². The molecule has 1 atom stereocenters. The van der Waals surface area contributed by atoms with Gasteiger partial charge in [-0.15, -0.1) is 0 Å². The van der Waals surface area contributed by atoms with Gasteiger partial charge < -0.3 is 10.0 Å². The number of rotatable bonds is 2. The quantitative estimate of drug-likeness (QED) is 0.841. The molecule has 2 rings (SSSR count). The molecule has 1 aromatic heterocycles. The molecule has 1 fully saturated rings. The molecule has 1 saturated heterocycles. The van der Waals surface area contributed by atoms with Gasteiger partial charge in [-0.25, -0.2) is 4.98 Å². The summed E-state index contributed by atoms with van der Waals surface area (Å²) >= 11 is 0. The zero-order valence-electron chi connectivity index (χ0n) is 10.2. The summed E-state index contributed by atoms with van der Waals surface area (Å²) in [6.45, 7) is 4.53. The number of pyridine rings is 1. The number of aromatic nitrogens is 1. The van der Waals surface area contributed by atoms with Crippen molar-refractivity contribution in [2.45, 2.75) is 38.3 Å². The number of hydrogen-bond donors (Lipinski definition) is 1. The van der Waals surface area contributed by atoms with Crippen molar-refractivity contribution in [2.24, 2.45) is 0 Å². The van der Waals surface area contributed by atoms with E-state index in [2.05, 4.69) is 16.0 Å². The van der Waals surface area contributed by atoms with E-state index in [1.807, 2.05) is 13.8 Å². The zero-order chi connectivity index (χ0) is 12.5. The molecule has 0 spiro atoms. The smallest absolute Gasteiger partial charge is 0.130 e. The fourth-order valence-corrected chi connectivity index (χ4v) is 2.42. The van der Waals surface area contributed by atoms with Crippen molar-refractivity contribution >= 4 is 5.82 Å². The molecule has 0 amide bonds. The molecule has 0 saturated carbocycles. The zero-order valence-corrected chi connectivity index (χ0v) is 10.2. The topological polar surface area (TPSA) is 60.1 Å². The number of anilines is 1. The van der Waals surface area contributed by atoms with Gasteiger partial charge in [-0.2, -0.15) is 5.26 Å². The van der Waals surface area contributed by atoms with E-state index < -0.39 is 5.60 Å². The summed E-state index contributed by atoms with van der Waals surface area (Å²) in [5, 5.41) is 19.0. The first-order valence-electron chi connectivity index (χ1n) is 5.87. The summed E-state index contributed by atoms with van der Waals surface area (Å²) in [4.78, 5) is 6.39. The Labute approximate surface area is 102 Å². The summed E-state index contributed by atoms with van der Waals surface area (Å²) in [5.74, 6) is 0.786. The molecule has 1 N–H and O–H groups in total. The summed E-state index contributed by atoms with van der Waals surface area (Å²) in [6.07, 6.45) is 3.66. The third-order valence-corrected chi connectivity index (χ3v) is 3.24. The lowest BCUT2D eigenvalue weighted by molar-refractivity contribution is 0.0533. The minimum absolute atomic E-state index is 0.0731. The Bertz CT molecular complexity index is 445. The molecule has 90 valence electrons. The lowest BCUT2D eigenvalue weighted by atomic mass is 9.96. The molecule has 4 heteroatoms. The van der Waals surface area contributed by atoms with Gasteiger partial charge in [0.2, 0.25) is 0 Å². The number of hydrogen-bond acceptors (Lipinski definition) is 4.